The van der Waals surface area contributed by atoms with Crippen LogP contribution in [-0.4, -0.2) is 36.4 Å². The van der Waals surface area contributed by atoms with E-state index in [0.717, 1.165) is 32.0 Å². The van der Waals surface area contributed by atoms with Gasteiger partial charge in [0.25, 0.3) is 0 Å². The highest BCUT2D eigenvalue weighted by atomic mass is 19.3. The van der Waals surface area contributed by atoms with E-state index in [2.05, 4.69) is 31.1 Å². The lowest BCUT2D eigenvalue weighted by atomic mass is 9.91. The Morgan fingerprint density at radius 2 is 1.83 bits per heavy atom. The average molecular weight is 415 g/mol. The van der Waals surface area contributed by atoms with Crippen LogP contribution < -0.4 is 20.1 Å². The normalized spacial score (nSPS) is 20.1. The number of alkyl halides is 2. The molecular weight excluding hydrogens is 392 g/mol. The maximum absolute atomic E-state index is 13.3. The monoisotopic (exact) mass is 415 g/mol. The van der Waals surface area contributed by atoms with Crippen LogP contribution in [-0.2, 0) is 12.8 Å². The number of anilines is 2. The van der Waals surface area contributed by atoms with Crippen LogP contribution in [0.1, 0.15) is 30.4 Å². The maximum atomic E-state index is 13.3. The molecule has 0 unspecified atom stereocenters. The van der Waals surface area contributed by atoms with Gasteiger partial charge < -0.3 is 20.1 Å². The van der Waals surface area contributed by atoms with Crippen molar-refractivity contribution < 1.29 is 23.0 Å². The second-order valence-corrected chi connectivity index (χ2v) is 7.98. The number of carbonyl (C=O) groups is 1. The van der Waals surface area contributed by atoms with Gasteiger partial charge in [0.2, 0.25) is 0 Å². The molecule has 2 aromatic carbocycles. The van der Waals surface area contributed by atoms with Gasteiger partial charge in [0.1, 0.15) is 0 Å². The van der Waals surface area contributed by atoms with Gasteiger partial charge in [0, 0.05) is 24.8 Å². The van der Waals surface area contributed by atoms with E-state index in [0.29, 0.717) is 5.69 Å². The molecule has 8 heteroatoms. The summed E-state index contributed by atoms with van der Waals surface area (Å²) in [6.07, 6.45) is 2.16. The number of nitrogens with one attached hydrogen (secondary N) is 2. The highest BCUT2D eigenvalue weighted by molar-refractivity contribution is 6.01. The Morgan fingerprint density at radius 1 is 1.03 bits per heavy atom. The third-order valence-corrected chi connectivity index (χ3v) is 6.07. The van der Waals surface area contributed by atoms with E-state index in [1.54, 1.807) is 0 Å². The van der Waals surface area contributed by atoms with Crippen LogP contribution in [0.2, 0.25) is 0 Å². The Kier molecular flexibility index (Phi) is 4.73. The topological polar surface area (TPSA) is 62.8 Å². The van der Waals surface area contributed by atoms with Crippen molar-refractivity contribution in [3.8, 4) is 11.5 Å². The fraction of sp³-hybridized carbons (Fsp3) is 0.409. The van der Waals surface area contributed by atoms with E-state index in [4.69, 9.17) is 0 Å². The van der Waals surface area contributed by atoms with E-state index >= 15 is 0 Å². The number of benzene rings is 2. The molecule has 0 radical (unpaired) electrons. The summed E-state index contributed by atoms with van der Waals surface area (Å²) < 4.78 is 35.6. The number of nitrogens with zero attached hydrogens (tertiary/aromatic N) is 1. The van der Waals surface area contributed by atoms with Crippen molar-refractivity contribution in [3.63, 3.8) is 0 Å². The summed E-state index contributed by atoms with van der Waals surface area (Å²) in [6.45, 7) is 2.12. The van der Waals surface area contributed by atoms with Gasteiger partial charge in [-0.15, -0.1) is 8.78 Å². The third kappa shape index (κ3) is 3.79. The van der Waals surface area contributed by atoms with Crippen LogP contribution in [0, 0.1) is 0 Å². The van der Waals surface area contributed by atoms with Gasteiger partial charge in [-0.25, -0.2) is 4.79 Å². The van der Waals surface area contributed by atoms with Gasteiger partial charge in [-0.3, -0.25) is 4.90 Å². The lowest BCUT2D eigenvalue weighted by Gasteiger charge is -2.36. The number of halogens is 2. The number of urea groups is 1. The van der Waals surface area contributed by atoms with Crippen LogP contribution >= 0.6 is 0 Å². The van der Waals surface area contributed by atoms with Gasteiger partial charge >= 0.3 is 12.3 Å². The van der Waals surface area contributed by atoms with Crippen molar-refractivity contribution in [2.45, 2.75) is 44.4 Å². The van der Waals surface area contributed by atoms with Crippen LogP contribution in [0.4, 0.5) is 25.0 Å². The predicted octanol–water partition coefficient (Wildman–Crippen LogP) is 4.61. The molecule has 6 nitrogen and oxygen atoms in total. The molecule has 1 saturated carbocycles. The summed E-state index contributed by atoms with van der Waals surface area (Å²) in [7, 11) is 0. The number of carbonyl (C=O) groups excluding carboxylic acids is 1. The van der Waals surface area contributed by atoms with Crippen molar-refractivity contribution in [1.82, 2.24) is 4.90 Å². The SMILES string of the molecule is O=C(Nc1ccc2c(c1)CCN(C1CCC1)CC2)Nc1cccc2c1OC(F)(F)O2. The zero-order valence-electron chi connectivity index (χ0n) is 16.4. The molecule has 1 fully saturated rings. The minimum absolute atomic E-state index is 0.112. The fourth-order valence-electron chi connectivity index (χ4n) is 4.29. The lowest BCUT2D eigenvalue weighted by Crippen LogP contribution is -2.41. The molecule has 0 saturated heterocycles. The van der Waals surface area contributed by atoms with Crippen molar-refractivity contribution in [2.75, 3.05) is 23.7 Å². The molecule has 158 valence electrons. The van der Waals surface area contributed by atoms with Gasteiger partial charge in [-0.1, -0.05) is 18.6 Å². The molecule has 0 spiro atoms. The number of amides is 2. The Morgan fingerprint density at radius 3 is 2.60 bits per heavy atom. The van der Waals surface area contributed by atoms with E-state index in [1.807, 2.05) is 12.1 Å². The van der Waals surface area contributed by atoms with Crippen LogP contribution in [0.15, 0.2) is 36.4 Å². The first-order valence-electron chi connectivity index (χ1n) is 10.3. The summed E-state index contributed by atoms with van der Waals surface area (Å²) >= 11 is 0. The molecule has 2 aromatic rings. The van der Waals surface area contributed by atoms with Gasteiger partial charge in [0.05, 0.1) is 5.69 Å². The number of para-hydroxylation sites is 1. The maximum Gasteiger partial charge on any atom is 0.586 e. The molecule has 2 aliphatic heterocycles. The summed E-state index contributed by atoms with van der Waals surface area (Å²) in [5, 5.41) is 5.34. The van der Waals surface area contributed by atoms with Crippen LogP contribution in [0.3, 0.4) is 0 Å². The molecular formula is C22H23F2N3O3. The zero-order valence-corrected chi connectivity index (χ0v) is 16.4. The zero-order chi connectivity index (χ0) is 20.7. The summed E-state index contributed by atoms with van der Waals surface area (Å²) in [6, 6.07) is 10.5. The van der Waals surface area contributed by atoms with Crippen LogP contribution in [0.5, 0.6) is 11.5 Å². The van der Waals surface area contributed by atoms with Crippen molar-refractivity contribution >= 4 is 17.4 Å². The largest absolute Gasteiger partial charge is 0.586 e. The average Bonchev–Trinajstić information content (AvgIpc) is 2.84. The number of rotatable bonds is 3. The van der Waals surface area contributed by atoms with Crippen molar-refractivity contribution in [1.29, 1.82) is 0 Å². The number of hydrogen-bond donors (Lipinski definition) is 2. The van der Waals surface area contributed by atoms with E-state index in [9.17, 15) is 13.6 Å². The molecule has 30 heavy (non-hydrogen) atoms. The first kappa shape index (κ1) is 19.1. The molecule has 2 amide bonds. The molecule has 0 aromatic heterocycles. The highest BCUT2D eigenvalue weighted by Gasteiger charge is 2.44. The molecule has 2 heterocycles. The molecule has 0 bridgehead atoms. The van der Waals surface area contributed by atoms with E-state index < -0.39 is 12.3 Å². The molecule has 3 aliphatic rings. The minimum Gasteiger partial charge on any atom is -0.395 e. The predicted molar refractivity (Wildman–Crippen MR) is 108 cm³/mol. The van der Waals surface area contributed by atoms with Gasteiger partial charge in [0.15, 0.2) is 11.5 Å². The van der Waals surface area contributed by atoms with Gasteiger partial charge in [-0.2, -0.15) is 0 Å². The minimum atomic E-state index is -3.74. The van der Waals surface area contributed by atoms with Crippen molar-refractivity contribution in [2.24, 2.45) is 0 Å². The van der Waals surface area contributed by atoms with Crippen molar-refractivity contribution in [3.05, 3.63) is 47.5 Å². The summed E-state index contributed by atoms with van der Waals surface area (Å²) in [5.41, 5.74) is 3.34. The number of fused-ring (bicyclic) bond motifs is 2. The summed E-state index contributed by atoms with van der Waals surface area (Å²) in [5.74, 6) is -0.297. The standard InChI is InChI=1S/C22H23F2N3O3/c23-22(24)29-19-6-2-5-18(20(19)30-22)26-21(28)25-16-8-7-14-9-11-27(17-3-1-4-17)12-10-15(14)13-16/h2,5-8,13,17H,1,3-4,9-12H2,(H2,25,26,28). The Bertz CT molecular complexity index is 978. The van der Waals surface area contributed by atoms with Crippen LogP contribution in [0.25, 0.3) is 0 Å². The number of ether oxygens (including phenoxy) is 2. The van der Waals surface area contributed by atoms with E-state index in [1.165, 1.54) is 48.6 Å². The lowest BCUT2D eigenvalue weighted by molar-refractivity contribution is -0.286. The fourth-order valence-corrected chi connectivity index (χ4v) is 4.29. The summed E-state index contributed by atoms with van der Waals surface area (Å²) in [4.78, 5) is 15.0. The number of hydrogen-bond acceptors (Lipinski definition) is 4. The van der Waals surface area contributed by atoms with Gasteiger partial charge in [-0.05, 0) is 61.1 Å². The Labute approximate surface area is 173 Å². The molecule has 2 N–H and O–H groups in total. The highest BCUT2D eigenvalue weighted by Crippen LogP contribution is 2.45. The first-order valence-corrected chi connectivity index (χ1v) is 10.3. The third-order valence-electron chi connectivity index (χ3n) is 6.07. The van der Waals surface area contributed by atoms with E-state index in [-0.39, 0.29) is 17.2 Å². The Hall–Kier alpha value is -2.87. The second-order valence-electron chi connectivity index (χ2n) is 7.98. The molecule has 0 atom stereocenters. The molecule has 5 rings (SSSR count). The second kappa shape index (κ2) is 7.43. The Balaban J connectivity index is 1.25. The first-order chi connectivity index (χ1) is 14.5. The quantitative estimate of drug-likeness (QED) is 0.769. The molecule has 1 aliphatic carbocycles. The smallest absolute Gasteiger partial charge is 0.395 e.